The molecule has 0 spiro atoms. The Labute approximate surface area is 383 Å². The Kier molecular flexibility index (Phi) is 12.6. The van der Waals surface area contributed by atoms with Gasteiger partial charge in [-0.15, -0.1) is 0 Å². The third-order valence-electron chi connectivity index (χ3n) is 15.2. The van der Waals surface area contributed by atoms with Gasteiger partial charge in [-0.2, -0.15) is 0 Å². The zero-order chi connectivity index (χ0) is 43.2. The van der Waals surface area contributed by atoms with Gasteiger partial charge in [-0.25, -0.2) is 0 Å². The molecule has 0 aromatic heterocycles. The molecule has 0 fully saturated rings. The predicted octanol–water partition coefficient (Wildman–Crippen LogP) is 14.8. The van der Waals surface area contributed by atoms with E-state index in [1.54, 1.807) is 0 Å². The van der Waals surface area contributed by atoms with Crippen LogP contribution in [0.3, 0.4) is 0 Å². The van der Waals surface area contributed by atoms with Crippen LogP contribution in [0.2, 0.25) is 0 Å². The Morgan fingerprint density at radius 3 is 1.44 bits per heavy atom. The first kappa shape index (κ1) is 43.7. The molecular weight excluding hydrogens is 887 g/mol. The molecule has 1 heterocycles. The third-order valence-corrected chi connectivity index (χ3v) is 37.8. The molecule has 0 radical (unpaired) electrons. The summed E-state index contributed by atoms with van der Waals surface area (Å²) >= 11 is -5.72. The van der Waals surface area contributed by atoms with Crippen LogP contribution in [0.1, 0.15) is 121 Å². The molecule has 0 amide bonds. The van der Waals surface area contributed by atoms with Gasteiger partial charge in [0, 0.05) is 0 Å². The Hall–Kier alpha value is -3.52. The topological polar surface area (TPSA) is 0 Å². The molecule has 2 aliphatic carbocycles. The van der Waals surface area contributed by atoms with Crippen LogP contribution in [0.4, 0.5) is 0 Å². The average Bonchev–Trinajstić information content (AvgIpc) is 4.03. The third kappa shape index (κ3) is 7.19. The van der Waals surface area contributed by atoms with Gasteiger partial charge in [0.25, 0.3) is 0 Å². The van der Waals surface area contributed by atoms with Crippen molar-refractivity contribution in [1.82, 2.24) is 0 Å². The van der Waals surface area contributed by atoms with Gasteiger partial charge in [0.15, 0.2) is 0 Å². The van der Waals surface area contributed by atoms with Crippen LogP contribution in [0, 0.1) is 11.8 Å². The van der Waals surface area contributed by atoms with Crippen LogP contribution in [-0.2, 0) is 29.2 Å². The number of hydrogen-bond acceptors (Lipinski definition) is 0. The normalized spacial score (nSPS) is 18.3. The van der Waals surface area contributed by atoms with Gasteiger partial charge in [0.1, 0.15) is 0 Å². The first-order chi connectivity index (χ1) is 30.1. The Balaban J connectivity index is 1.37. The molecule has 6 aromatic rings. The van der Waals surface area contributed by atoms with Crippen LogP contribution in [0.5, 0.6) is 0 Å². The van der Waals surface area contributed by atoms with Gasteiger partial charge in [-0.1, -0.05) is 0 Å². The minimum atomic E-state index is -5.72. The van der Waals surface area contributed by atoms with E-state index in [2.05, 4.69) is 181 Å². The number of benzene rings is 6. The molecular formula is C58H63Cl2SiZr. The van der Waals surface area contributed by atoms with Gasteiger partial charge < -0.3 is 0 Å². The number of halogens is 2. The van der Waals surface area contributed by atoms with Gasteiger partial charge in [-0.3, -0.25) is 0 Å². The maximum absolute atomic E-state index is 9.52. The molecule has 62 heavy (non-hydrogen) atoms. The fraction of sp³-hybridized carbons (Fsp3) is 0.310. The Morgan fingerprint density at radius 1 is 0.500 bits per heavy atom. The number of unbranched alkanes of at least 4 members (excludes halogenated alkanes) is 2. The molecule has 0 nitrogen and oxygen atoms in total. The summed E-state index contributed by atoms with van der Waals surface area (Å²) in [4.78, 5) is 0. The average molecular weight is 950 g/mol. The molecule has 6 aromatic carbocycles. The minimum absolute atomic E-state index is 0.0967. The van der Waals surface area contributed by atoms with Crippen molar-refractivity contribution in [2.45, 2.75) is 100 Å². The molecule has 0 bridgehead atoms. The van der Waals surface area contributed by atoms with Gasteiger partial charge in [0.2, 0.25) is 0 Å². The first-order valence-corrected chi connectivity index (χ1v) is 35.6. The number of allylic oxidation sites excluding steroid dienone is 2. The van der Waals surface area contributed by atoms with Crippen LogP contribution in [-0.4, -0.2) is 9.52 Å². The fourth-order valence-electron chi connectivity index (χ4n) is 11.6. The van der Waals surface area contributed by atoms with Crippen molar-refractivity contribution in [3.63, 3.8) is 0 Å². The fourth-order valence-corrected chi connectivity index (χ4v) is 39.6. The molecule has 0 saturated heterocycles. The monoisotopic (exact) mass is 947 g/mol. The van der Waals surface area contributed by atoms with Gasteiger partial charge >= 0.3 is 386 Å². The molecule has 317 valence electrons. The number of aryl methyl sites for hydroxylation is 2. The van der Waals surface area contributed by atoms with Crippen molar-refractivity contribution in [2.75, 3.05) is 0 Å². The molecule has 4 atom stereocenters. The molecule has 0 N–H and O–H groups in total. The van der Waals surface area contributed by atoms with Crippen molar-refractivity contribution >= 4 is 52.3 Å². The van der Waals surface area contributed by atoms with Crippen molar-refractivity contribution in [3.05, 3.63) is 172 Å². The van der Waals surface area contributed by atoms with E-state index in [0.29, 0.717) is 11.8 Å². The molecule has 1 aliphatic heterocycles. The van der Waals surface area contributed by atoms with Gasteiger partial charge in [-0.05, 0) is 0 Å². The standard InChI is InChI=1S/2C23H27.C12H9Si.2ClH.Zr/c2*1-4-6-10-18-11-7-8-13-21(18)22-14-9-12-19-15-20(16-23(19)22)17(3)5-2;1-3-7-11-9(5-1)10-6-2-4-8-12(10)13-11;;;/h2*7-9,11-17H,4-6,10H2,1-3H3;1-7H,13H2;2*1H;/q;;;;;+2/p-2. The summed E-state index contributed by atoms with van der Waals surface area (Å²) < 4.78 is 1.12. The van der Waals surface area contributed by atoms with E-state index in [-0.39, 0.29) is 7.25 Å². The summed E-state index contributed by atoms with van der Waals surface area (Å²) in [5.74, 6) is 0.613. The van der Waals surface area contributed by atoms with E-state index in [4.69, 9.17) is 0 Å². The molecule has 4 heteroatoms. The summed E-state index contributed by atoms with van der Waals surface area (Å²) in [6.07, 6.45) is 14.1. The van der Waals surface area contributed by atoms with Crippen LogP contribution < -0.4 is 13.6 Å². The first-order valence-electron chi connectivity index (χ1n) is 23.8. The number of rotatable bonds is 15. The van der Waals surface area contributed by atoms with Crippen LogP contribution >= 0.6 is 17.0 Å². The molecule has 4 unspecified atom stereocenters. The SMILES string of the molecule is CCCCc1ccccc1-c1cccc2c1C=C(C(C)CC)[CH]2[Zr]([Cl])([Cl])([c]1cccc2c1[SiH2]c1ccccc1-2)[CH]1C(C(C)CC)=Cc2c(-c3ccccc3CCCC)cccc21. The molecule has 3 aliphatic rings. The van der Waals surface area contributed by atoms with Crippen LogP contribution in [0.25, 0.3) is 45.5 Å². The van der Waals surface area contributed by atoms with Crippen molar-refractivity contribution in [1.29, 1.82) is 0 Å². The summed E-state index contributed by atoms with van der Waals surface area (Å²) in [6.45, 7) is 14.1. The van der Waals surface area contributed by atoms with Gasteiger partial charge in [0.05, 0.1) is 0 Å². The quantitative estimate of drug-likeness (QED) is 0.0899. The number of fused-ring (bicyclic) bond motifs is 5. The van der Waals surface area contributed by atoms with Crippen molar-refractivity contribution < 1.29 is 16.4 Å². The summed E-state index contributed by atoms with van der Waals surface area (Å²) in [5, 5.41) is 2.99. The predicted molar refractivity (Wildman–Crippen MR) is 272 cm³/mol. The Morgan fingerprint density at radius 2 is 0.935 bits per heavy atom. The van der Waals surface area contributed by atoms with E-state index in [1.165, 1.54) is 117 Å². The van der Waals surface area contributed by atoms with Crippen molar-refractivity contribution in [3.8, 4) is 33.4 Å². The second kappa shape index (κ2) is 17.8. The van der Waals surface area contributed by atoms with Crippen molar-refractivity contribution in [2.24, 2.45) is 11.8 Å². The molecule has 0 saturated carbocycles. The summed E-state index contributed by atoms with van der Waals surface area (Å²) in [7, 11) is 18.2. The van der Waals surface area contributed by atoms with E-state index in [1.807, 2.05) is 0 Å². The Bertz CT molecular complexity index is 2590. The number of hydrogen-bond donors (Lipinski definition) is 0. The van der Waals surface area contributed by atoms with E-state index >= 15 is 0 Å². The summed E-state index contributed by atoms with van der Waals surface area (Å²) in [6, 6.07) is 48.7. The zero-order valence-electron chi connectivity index (χ0n) is 37.7. The van der Waals surface area contributed by atoms with E-state index < -0.39 is 25.9 Å². The second-order valence-corrected chi connectivity index (χ2v) is 41.2. The summed E-state index contributed by atoms with van der Waals surface area (Å²) in [5.41, 5.74) is 19.1. The van der Waals surface area contributed by atoms with E-state index in [9.17, 15) is 17.0 Å². The van der Waals surface area contributed by atoms with E-state index in [0.717, 1.165) is 25.7 Å². The van der Waals surface area contributed by atoms with Crippen LogP contribution in [0.15, 0.2) is 139 Å². The second-order valence-electron chi connectivity index (χ2n) is 18.7. The zero-order valence-corrected chi connectivity index (χ0v) is 43.1. The molecule has 9 rings (SSSR count). The maximum atomic E-state index is 9.52.